The van der Waals surface area contributed by atoms with E-state index >= 15 is 0 Å². The molecule has 0 bridgehead atoms. The quantitative estimate of drug-likeness (QED) is 0.760. The maximum atomic E-state index is 13.5. The van der Waals surface area contributed by atoms with E-state index in [1.165, 1.54) is 10.4 Å². The van der Waals surface area contributed by atoms with Gasteiger partial charge >= 0.3 is 0 Å². The van der Waals surface area contributed by atoms with Crippen LogP contribution in [-0.4, -0.2) is 27.4 Å². The molecule has 0 saturated heterocycles. The van der Waals surface area contributed by atoms with Crippen molar-refractivity contribution in [3.8, 4) is 0 Å². The van der Waals surface area contributed by atoms with Gasteiger partial charge in [0.05, 0.1) is 12.2 Å². The number of para-hydroxylation sites is 1. The van der Waals surface area contributed by atoms with Crippen LogP contribution in [0.4, 0.5) is 5.69 Å². The van der Waals surface area contributed by atoms with E-state index in [4.69, 9.17) is 0 Å². The summed E-state index contributed by atoms with van der Waals surface area (Å²) >= 11 is 0. The highest BCUT2D eigenvalue weighted by atomic mass is 32.2. The van der Waals surface area contributed by atoms with Crippen molar-refractivity contribution in [2.45, 2.75) is 13.8 Å². The van der Waals surface area contributed by atoms with Gasteiger partial charge in [0, 0.05) is 17.7 Å². The number of carbonyl (C=O) groups excluding carboxylic acids is 1. The van der Waals surface area contributed by atoms with Crippen LogP contribution in [0.25, 0.3) is 5.57 Å². The Balaban J connectivity index is 2.32. The molecule has 2 aromatic rings. The Morgan fingerprint density at radius 3 is 2.39 bits per heavy atom. The molecule has 1 aliphatic rings. The van der Waals surface area contributed by atoms with Gasteiger partial charge in [-0.25, -0.2) is 8.42 Å². The van der Waals surface area contributed by atoms with Crippen LogP contribution < -0.4 is 9.62 Å². The summed E-state index contributed by atoms with van der Waals surface area (Å²) in [7, 11) is -4.05. The number of hydrogen-bond acceptors (Lipinski definition) is 3. The molecule has 2 aromatic carbocycles. The molecule has 0 unspecified atom stereocenters. The summed E-state index contributed by atoms with van der Waals surface area (Å²) < 4.78 is 28.2. The molecule has 5 nitrogen and oxygen atoms in total. The van der Waals surface area contributed by atoms with Crippen molar-refractivity contribution in [1.29, 1.82) is 0 Å². The summed E-state index contributed by atoms with van der Waals surface area (Å²) in [6.07, 6.45) is 1.52. The lowest BCUT2D eigenvalue weighted by atomic mass is 9.95. The third-order valence-corrected chi connectivity index (χ3v) is 6.28. The fourth-order valence-electron chi connectivity index (χ4n) is 3.21. The summed E-state index contributed by atoms with van der Waals surface area (Å²) in [4.78, 5) is 12.8. The number of amides is 1. The zero-order chi connectivity index (χ0) is 20.3. The van der Waals surface area contributed by atoms with Crippen LogP contribution in [0.3, 0.4) is 0 Å². The normalized spacial score (nSPS) is 15.3. The van der Waals surface area contributed by atoms with E-state index in [0.717, 1.165) is 0 Å². The van der Waals surface area contributed by atoms with Crippen LogP contribution in [0.5, 0.6) is 0 Å². The molecule has 0 fully saturated rings. The second-order valence-corrected chi connectivity index (χ2v) is 8.82. The van der Waals surface area contributed by atoms with E-state index in [2.05, 4.69) is 11.9 Å². The molecule has 146 valence electrons. The van der Waals surface area contributed by atoms with Crippen molar-refractivity contribution >= 4 is 27.2 Å². The number of benzene rings is 2. The second-order valence-electron chi connectivity index (χ2n) is 7.02. The summed E-state index contributed by atoms with van der Waals surface area (Å²) in [5.74, 6) is -0.385. The summed E-state index contributed by atoms with van der Waals surface area (Å²) in [5.41, 5.74) is 2.37. The van der Waals surface area contributed by atoms with E-state index < -0.39 is 15.9 Å². The molecular weight excluding hydrogens is 372 g/mol. The van der Waals surface area contributed by atoms with Crippen LogP contribution in [-0.2, 0) is 14.8 Å². The molecule has 0 saturated carbocycles. The van der Waals surface area contributed by atoms with Crippen LogP contribution in [0, 0.1) is 5.92 Å². The molecule has 3 rings (SSSR count). The number of sulfonamides is 1. The Morgan fingerprint density at radius 1 is 1.11 bits per heavy atom. The molecule has 0 radical (unpaired) electrons. The van der Waals surface area contributed by atoms with Gasteiger partial charge in [-0.3, -0.25) is 9.10 Å². The zero-order valence-electron chi connectivity index (χ0n) is 16.1. The molecule has 6 heteroatoms. The Hall–Kier alpha value is -2.86. The highest BCUT2D eigenvalue weighted by molar-refractivity contribution is 7.97. The Kier molecular flexibility index (Phi) is 5.70. The van der Waals surface area contributed by atoms with E-state index in [1.807, 2.05) is 56.3 Å². The number of fused-ring (bicyclic) bond motifs is 1. The van der Waals surface area contributed by atoms with Crippen LogP contribution in [0.1, 0.15) is 25.0 Å². The smallest absolute Gasteiger partial charge is 0.270 e. The summed E-state index contributed by atoms with van der Waals surface area (Å²) in [6.45, 7) is 8.07. The number of nitrogens with zero attached hydrogens (tertiary/aromatic N) is 1. The molecule has 1 heterocycles. The minimum Gasteiger partial charge on any atom is -0.351 e. The third-order valence-electron chi connectivity index (χ3n) is 4.45. The first-order valence-electron chi connectivity index (χ1n) is 9.19. The number of carbonyl (C=O) groups is 1. The van der Waals surface area contributed by atoms with E-state index in [9.17, 15) is 13.2 Å². The number of nitrogens with one attached hydrogen (secondary N) is 1. The fraction of sp³-hybridized carbons (Fsp3) is 0.227. The van der Waals surface area contributed by atoms with Gasteiger partial charge in [-0.1, -0.05) is 68.5 Å². The third kappa shape index (κ3) is 3.60. The van der Waals surface area contributed by atoms with Gasteiger partial charge in [-0.15, -0.1) is 6.58 Å². The summed E-state index contributed by atoms with van der Waals surface area (Å²) in [5, 5.41) is 2.77. The predicted molar refractivity (Wildman–Crippen MR) is 113 cm³/mol. The van der Waals surface area contributed by atoms with Gasteiger partial charge < -0.3 is 5.32 Å². The van der Waals surface area contributed by atoms with Crippen molar-refractivity contribution < 1.29 is 13.2 Å². The first-order valence-corrected chi connectivity index (χ1v) is 10.6. The van der Waals surface area contributed by atoms with Crippen molar-refractivity contribution in [2.75, 3.05) is 17.4 Å². The highest BCUT2D eigenvalue weighted by Gasteiger charge is 2.40. The molecule has 1 amide bonds. The first-order chi connectivity index (χ1) is 13.4. The molecule has 1 N–H and O–H groups in total. The summed E-state index contributed by atoms with van der Waals surface area (Å²) in [6, 6.07) is 16.4. The lowest BCUT2D eigenvalue weighted by Gasteiger charge is -2.33. The molecule has 28 heavy (non-hydrogen) atoms. The van der Waals surface area contributed by atoms with Gasteiger partial charge in [-0.2, -0.15) is 0 Å². The average molecular weight is 397 g/mol. The molecule has 0 atom stereocenters. The second kappa shape index (κ2) is 8.02. The lowest BCUT2D eigenvalue weighted by molar-refractivity contribution is -0.116. The molecule has 0 aromatic heterocycles. The van der Waals surface area contributed by atoms with Crippen LogP contribution in [0.15, 0.2) is 72.2 Å². The van der Waals surface area contributed by atoms with Gasteiger partial charge in [-0.05, 0) is 17.5 Å². The lowest BCUT2D eigenvalue weighted by Crippen LogP contribution is -2.42. The monoisotopic (exact) mass is 396 g/mol. The average Bonchev–Trinajstić information content (AvgIpc) is 2.68. The largest absolute Gasteiger partial charge is 0.351 e. The van der Waals surface area contributed by atoms with Crippen molar-refractivity contribution in [2.24, 2.45) is 5.92 Å². The highest BCUT2D eigenvalue weighted by Crippen LogP contribution is 2.42. The maximum absolute atomic E-state index is 13.5. The first kappa shape index (κ1) is 19.9. The Labute approximate surface area is 166 Å². The molecule has 1 aliphatic heterocycles. The molecular formula is C22H24N2O3S. The zero-order valence-corrected chi connectivity index (χ0v) is 16.9. The maximum Gasteiger partial charge on any atom is 0.270 e. The Bertz CT molecular complexity index is 1020. The number of hydrogen-bond donors (Lipinski definition) is 1. The standard InChI is InChI=1S/C22H24N2O3S/c1-4-14-24-19-13-9-8-12-18(19)20(17-10-6-5-7-11-17)21(28(24,26)27)22(25)23-15-16(2)3/h4-13,16H,1,14-15H2,2-3H3,(H,23,25). The van der Waals surface area contributed by atoms with Crippen LogP contribution >= 0.6 is 0 Å². The fourth-order valence-corrected chi connectivity index (χ4v) is 4.94. The Morgan fingerprint density at radius 2 is 1.75 bits per heavy atom. The van der Waals surface area contributed by atoms with E-state index in [1.54, 1.807) is 12.1 Å². The van der Waals surface area contributed by atoms with Crippen molar-refractivity contribution in [3.63, 3.8) is 0 Å². The predicted octanol–water partition coefficient (Wildman–Crippen LogP) is 3.55. The van der Waals surface area contributed by atoms with Gasteiger partial charge in [0.15, 0.2) is 4.91 Å². The number of anilines is 1. The van der Waals surface area contributed by atoms with Gasteiger partial charge in [0.1, 0.15) is 0 Å². The van der Waals surface area contributed by atoms with Gasteiger partial charge in [0.2, 0.25) is 0 Å². The van der Waals surface area contributed by atoms with Crippen molar-refractivity contribution in [1.82, 2.24) is 5.32 Å². The van der Waals surface area contributed by atoms with E-state index in [0.29, 0.717) is 28.9 Å². The SMILES string of the molecule is C=CCN1c2ccccc2C(c2ccccc2)=C(C(=O)NCC(C)C)S1(=O)=O. The molecule has 0 spiro atoms. The molecule has 0 aliphatic carbocycles. The van der Waals surface area contributed by atoms with Crippen molar-refractivity contribution in [3.05, 3.63) is 83.3 Å². The van der Waals surface area contributed by atoms with Crippen LogP contribution in [0.2, 0.25) is 0 Å². The minimum atomic E-state index is -4.05. The van der Waals surface area contributed by atoms with Gasteiger partial charge in [0.25, 0.3) is 15.9 Å². The van der Waals surface area contributed by atoms with E-state index in [-0.39, 0.29) is 17.4 Å². The topological polar surface area (TPSA) is 66.5 Å². The minimum absolute atomic E-state index is 0.0857. The number of rotatable bonds is 6.